The van der Waals surface area contributed by atoms with E-state index in [0.29, 0.717) is 18.3 Å². The van der Waals surface area contributed by atoms with E-state index in [1.54, 1.807) is 11.0 Å². The molecule has 1 amide bonds. The molecular weight excluding hydrogens is 378 g/mol. The highest BCUT2D eigenvalue weighted by Crippen LogP contribution is 2.09. The lowest BCUT2D eigenvalue weighted by molar-refractivity contribution is -0.949. The maximum absolute atomic E-state index is 12.4. The zero-order valence-corrected chi connectivity index (χ0v) is 18.6. The summed E-state index contributed by atoms with van der Waals surface area (Å²) in [6, 6.07) is 12.7. The van der Waals surface area contributed by atoms with Crippen LogP contribution in [0.2, 0.25) is 0 Å². The fourth-order valence-electron chi connectivity index (χ4n) is 3.88. The summed E-state index contributed by atoms with van der Waals surface area (Å²) in [5.41, 5.74) is 2.67. The third kappa shape index (κ3) is 6.69. The minimum Gasteiger partial charge on any atom is -0.450 e. The number of aryl methyl sites for hydroxylation is 1. The Morgan fingerprint density at radius 1 is 1.13 bits per heavy atom. The van der Waals surface area contributed by atoms with Gasteiger partial charge >= 0.3 is 0 Å². The molecule has 164 valence electrons. The second-order valence-corrected chi connectivity index (χ2v) is 8.58. The molecular formula is C24H37N3O3+2. The van der Waals surface area contributed by atoms with Crippen molar-refractivity contribution in [2.45, 2.75) is 46.3 Å². The van der Waals surface area contributed by atoms with Gasteiger partial charge in [0.2, 0.25) is 0 Å². The summed E-state index contributed by atoms with van der Waals surface area (Å²) in [6.45, 7) is 13.9. The molecule has 2 heterocycles. The van der Waals surface area contributed by atoms with Gasteiger partial charge in [-0.15, -0.1) is 0 Å². The van der Waals surface area contributed by atoms with Gasteiger partial charge in [0.25, 0.3) is 5.91 Å². The number of rotatable bonds is 10. The molecule has 3 N–H and O–H groups in total. The maximum atomic E-state index is 12.4. The van der Waals surface area contributed by atoms with Crippen LogP contribution in [0.5, 0.6) is 0 Å². The van der Waals surface area contributed by atoms with E-state index in [1.165, 1.54) is 16.0 Å². The smallest absolute Gasteiger partial charge is 0.287 e. The molecule has 0 radical (unpaired) electrons. The van der Waals surface area contributed by atoms with Crippen LogP contribution in [-0.2, 0) is 17.8 Å². The van der Waals surface area contributed by atoms with E-state index in [9.17, 15) is 4.79 Å². The summed E-state index contributed by atoms with van der Waals surface area (Å²) in [5, 5.41) is 2.99. The molecule has 0 bridgehead atoms. The van der Waals surface area contributed by atoms with Crippen LogP contribution in [-0.4, -0.2) is 51.3 Å². The van der Waals surface area contributed by atoms with E-state index in [0.717, 1.165) is 58.1 Å². The third-order valence-electron chi connectivity index (χ3n) is 5.97. The van der Waals surface area contributed by atoms with Gasteiger partial charge in [0.15, 0.2) is 11.5 Å². The summed E-state index contributed by atoms with van der Waals surface area (Å²) in [5.74, 6) is 1.14. The van der Waals surface area contributed by atoms with Crippen LogP contribution in [0.4, 0.5) is 0 Å². The van der Waals surface area contributed by atoms with Crippen molar-refractivity contribution in [1.82, 2.24) is 5.32 Å². The van der Waals surface area contributed by atoms with Gasteiger partial charge in [0, 0.05) is 18.5 Å². The monoisotopic (exact) mass is 415 g/mol. The first kappa shape index (κ1) is 22.5. The summed E-state index contributed by atoms with van der Waals surface area (Å²) < 4.78 is 11.3. The second kappa shape index (κ2) is 11.3. The zero-order chi connectivity index (χ0) is 21.3. The van der Waals surface area contributed by atoms with E-state index in [4.69, 9.17) is 9.15 Å². The first-order valence-electron chi connectivity index (χ1n) is 11.2. The number of ether oxygens (including phenoxy) is 1. The molecule has 1 unspecified atom stereocenters. The minimum atomic E-state index is -0.122. The summed E-state index contributed by atoms with van der Waals surface area (Å²) in [4.78, 5) is 15.4. The highest BCUT2D eigenvalue weighted by molar-refractivity contribution is 5.91. The Bertz CT molecular complexity index is 796. The van der Waals surface area contributed by atoms with Crippen LogP contribution >= 0.6 is 0 Å². The Hall–Kier alpha value is -2.15. The Labute approximate surface area is 180 Å². The fraction of sp³-hybridized carbons (Fsp3) is 0.542. The summed E-state index contributed by atoms with van der Waals surface area (Å²) in [6.07, 6.45) is 0.969. The van der Waals surface area contributed by atoms with Crippen LogP contribution in [0.15, 0.2) is 40.8 Å². The van der Waals surface area contributed by atoms with Gasteiger partial charge in [-0.25, -0.2) is 0 Å². The molecule has 1 aliphatic heterocycles. The molecule has 1 atom stereocenters. The van der Waals surface area contributed by atoms with Gasteiger partial charge < -0.3 is 24.3 Å². The third-order valence-corrected chi connectivity index (χ3v) is 5.97. The molecule has 30 heavy (non-hydrogen) atoms. The second-order valence-electron chi connectivity index (χ2n) is 8.58. The molecule has 1 aromatic heterocycles. The molecule has 3 rings (SSSR count). The van der Waals surface area contributed by atoms with Crippen LogP contribution < -0.4 is 15.1 Å². The first-order chi connectivity index (χ1) is 14.5. The molecule has 1 saturated heterocycles. The van der Waals surface area contributed by atoms with E-state index in [1.807, 2.05) is 6.07 Å². The van der Waals surface area contributed by atoms with Crippen molar-refractivity contribution in [1.29, 1.82) is 0 Å². The standard InChI is InChI=1S/C24H35N3O3/c1-19(2)27(17-21-8-5-4-7-20(21)3)18-22-9-10-23(30-22)24(28)25-11-6-12-26-13-15-29-16-14-26/h4-5,7-10,19H,6,11-18H2,1-3H3,(H,25,28)/p+2. The number of furan rings is 1. The summed E-state index contributed by atoms with van der Waals surface area (Å²) in [7, 11) is 0. The number of quaternary nitrogens is 2. The van der Waals surface area contributed by atoms with E-state index in [2.05, 4.69) is 50.4 Å². The largest absolute Gasteiger partial charge is 0.450 e. The molecule has 1 aromatic carbocycles. The van der Waals surface area contributed by atoms with Crippen LogP contribution in [0.3, 0.4) is 0 Å². The van der Waals surface area contributed by atoms with E-state index in [-0.39, 0.29) is 5.91 Å². The topological polar surface area (TPSA) is 60.3 Å². The van der Waals surface area contributed by atoms with Crippen LogP contribution in [0, 0.1) is 6.92 Å². The van der Waals surface area contributed by atoms with Crippen molar-refractivity contribution < 1.29 is 23.7 Å². The van der Waals surface area contributed by atoms with E-state index >= 15 is 0 Å². The number of amides is 1. The number of hydrogen-bond donors (Lipinski definition) is 3. The number of benzene rings is 1. The normalized spacial score (nSPS) is 16.0. The molecule has 1 aliphatic rings. The average molecular weight is 416 g/mol. The number of nitrogens with one attached hydrogen (secondary N) is 3. The Morgan fingerprint density at radius 2 is 1.90 bits per heavy atom. The molecule has 0 aliphatic carbocycles. The minimum absolute atomic E-state index is 0.122. The fourth-order valence-corrected chi connectivity index (χ4v) is 3.88. The molecule has 6 heteroatoms. The van der Waals surface area contributed by atoms with Gasteiger partial charge in [0.05, 0.1) is 25.8 Å². The van der Waals surface area contributed by atoms with Crippen molar-refractivity contribution in [3.63, 3.8) is 0 Å². The highest BCUT2D eigenvalue weighted by Gasteiger charge is 2.19. The number of carbonyl (C=O) groups is 1. The Balaban J connectivity index is 1.47. The lowest BCUT2D eigenvalue weighted by atomic mass is 10.1. The number of morpholine rings is 1. The lowest BCUT2D eigenvalue weighted by Gasteiger charge is -2.23. The molecule has 6 nitrogen and oxygen atoms in total. The zero-order valence-electron chi connectivity index (χ0n) is 18.6. The summed E-state index contributed by atoms with van der Waals surface area (Å²) >= 11 is 0. The van der Waals surface area contributed by atoms with Crippen molar-refractivity contribution in [3.8, 4) is 0 Å². The Morgan fingerprint density at radius 3 is 2.63 bits per heavy atom. The molecule has 2 aromatic rings. The van der Waals surface area contributed by atoms with Crippen molar-refractivity contribution >= 4 is 5.91 Å². The van der Waals surface area contributed by atoms with Gasteiger partial charge in [-0.2, -0.15) is 0 Å². The quantitative estimate of drug-likeness (QED) is 0.499. The van der Waals surface area contributed by atoms with Crippen molar-refractivity contribution in [2.75, 3.05) is 39.4 Å². The molecule has 1 fully saturated rings. The lowest BCUT2D eigenvalue weighted by Crippen LogP contribution is -3.14. The molecule has 0 spiro atoms. The highest BCUT2D eigenvalue weighted by atomic mass is 16.5. The predicted octanol–water partition coefficient (Wildman–Crippen LogP) is 0.617. The van der Waals surface area contributed by atoms with Gasteiger partial charge in [-0.3, -0.25) is 4.79 Å². The van der Waals surface area contributed by atoms with Gasteiger partial charge in [-0.05, 0) is 38.5 Å². The van der Waals surface area contributed by atoms with Crippen LogP contribution in [0.25, 0.3) is 0 Å². The predicted molar refractivity (Wildman–Crippen MR) is 117 cm³/mol. The average Bonchev–Trinajstić information content (AvgIpc) is 3.21. The molecule has 0 saturated carbocycles. The van der Waals surface area contributed by atoms with E-state index < -0.39 is 0 Å². The maximum Gasteiger partial charge on any atom is 0.287 e. The van der Waals surface area contributed by atoms with Gasteiger partial charge in [-0.1, -0.05) is 24.3 Å². The van der Waals surface area contributed by atoms with Gasteiger partial charge in [0.1, 0.15) is 26.2 Å². The number of hydrogen-bond acceptors (Lipinski definition) is 3. The van der Waals surface area contributed by atoms with Crippen molar-refractivity contribution in [2.24, 2.45) is 0 Å². The first-order valence-corrected chi connectivity index (χ1v) is 11.2. The SMILES string of the molecule is Cc1ccccc1C[NH+](Cc1ccc(C(=O)NCCC[NH+]2CCOCC2)o1)C(C)C. The van der Waals surface area contributed by atoms with Crippen molar-refractivity contribution in [3.05, 3.63) is 59.0 Å². The van der Waals surface area contributed by atoms with Crippen LogP contribution in [0.1, 0.15) is 47.7 Å². The number of carbonyl (C=O) groups excluding carboxylic acids is 1. The Kier molecular flexibility index (Phi) is 8.49.